The lowest BCUT2D eigenvalue weighted by atomic mass is 10.3. The summed E-state index contributed by atoms with van der Waals surface area (Å²) >= 11 is 0. The summed E-state index contributed by atoms with van der Waals surface area (Å²) in [6.45, 7) is 6.22. The molecule has 0 radical (unpaired) electrons. The average molecular weight is 345 g/mol. The van der Waals surface area contributed by atoms with E-state index in [1.165, 1.54) is 4.68 Å². The second-order valence-corrected chi connectivity index (χ2v) is 5.63. The van der Waals surface area contributed by atoms with Crippen molar-refractivity contribution in [1.82, 2.24) is 9.78 Å². The predicted molar refractivity (Wildman–Crippen MR) is 94.6 cm³/mol. The molecular weight excluding hydrogens is 322 g/mol. The molecule has 7 heteroatoms. The molecule has 134 valence electrons. The van der Waals surface area contributed by atoms with Crippen molar-refractivity contribution in [1.29, 1.82) is 0 Å². The summed E-state index contributed by atoms with van der Waals surface area (Å²) in [7, 11) is 0. The van der Waals surface area contributed by atoms with Crippen molar-refractivity contribution in [3.63, 3.8) is 0 Å². The fourth-order valence-corrected chi connectivity index (χ4v) is 2.66. The van der Waals surface area contributed by atoms with E-state index in [2.05, 4.69) is 10.00 Å². The zero-order valence-electron chi connectivity index (χ0n) is 14.4. The third-order valence-corrected chi connectivity index (χ3v) is 3.92. The summed E-state index contributed by atoms with van der Waals surface area (Å²) in [5.41, 5.74) is 0.713. The number of hydrogen-bond donors (Lipinski definition) is 0. The highest BCUT2D eigenvalue weighted by atomic mass is 16.5. The third-order valence-electron chi connectivity index (χ3n) is 3.92. The van der Waals surface area contributed by atoms with E-state index >= 15 is 0 Å². The summed E-state index contributed by atoms with van der Waals surface area (Å²) in [6.07, 6.45) is 1.72. The maximum absolute atomic E-state index is 12.2. The van der Waals surface area contributed by atoms with Gasteiger partial charge in [-0.1, -0.05) is 6.07 Å². The van der Waals surface area contributed by atoms with Crippen LogP contribution in [0.3, 0.4) is 0 Å². The quantitative estimate of drug-likeness (QED) is 0.759. The van der Waals surface area contributed by atoms with Crippen LogP contribution in [0.2, 0.25) is 0 Å². The molecule has 1 aromatic heterocycles. The van der Waals surface area contributed by atoms with Crippen LogP contribution in [0, 0.1) is 0 Å². The molecule has 0 unspecified atom stereocenters. The van der Waals surface area contributed by atoms with Gasteiger partial charge in [-0.3, -0.25) is 4.79 Å². The van der Waals surface area contributed by atoms with Crippen molar-refractivity contribution in [2.24, 2.45) is 0 Å². The highest BCUT2D eigenvalue weighted by Gasteiger charge is 2.12. The second-order valence-electron chi connectivity index (χ2n) is 5.63. The minimum Gasteiger partial charge on any atom is -0.494 e. The Morgan fingerprint density at radius 2 is 1.92 bits per heavy atom. The standard InChI is InChI=1S/C18H23N3O4/c1-2-24-16-4-3-5-17(13-16)25-11-8-21-18(22)12-15(14-19-21)20-6-9-23-10-7-20/h3-5,12-14H,2,6-11H2,1H3. The van der Waals surface area contributed by atoms with Gasteiger partial charge in [-0.15, -0.1) is 0 Å². The molecule has 1 aromatic carbocycles. The van der Waals surface area contributed by atoms with Crippen molar-refractivity contribution >= 4 is 5.69 Å². The molecule has 1 aliphatic rings. The first-order valence-corrected chi connectivity index (χ1v) is 8.52. The van der Waals surface area contributed by atoms with E-state index in [0.29, 0.717) is 38.7 Å². The lowest BCUT2D eigenvalue weighted by Crippen LogP contribution is -2.37. The molecule has 3 rings (SSSR count). The van der Waals surface area contributed by atoms with Gasteiger partial charge in [-0.2, -0.15) is 5.10 Å². The zero-order chi connectivity index (χ0) is 17.5. The van der Waals surface area contributed by atoms with Crippen LogP contribution in [-0.4, -0.2) is 49.3 Å². The minimum absolute atomic E-state index is 0.129. The van der Waals surface area contributed by atoms with E-state index in [9.17, 15) is 4.79 Å². The van der Waals surface area contributed by atoms with E-state index in [1.807, 2.05) is 31.2 Å². The van der Waals surface area contributed by atoms with Crippen molar-refractivity contribution in [3.05, 3.63) is 46.9 Å². The summed E-state index contributed by atoms with van der Waals surface area (Å²) in [4.78, 5) is 14.3. The maximum atomic E-state index is 12.2. The molecule has 2 aromatic rings. The van der Waals surface area contributed by atoms with Crippen LogP contribution in [0.15, 0.2) is 41.3 Å². The molecule has 0 spiro atoms. The molecule has 0 N–H and O–H groups in total. The Bertz CT molecular complexity index is 741. The molecule has 0 atom stereocenters. The summed E-state index contributed by atoms with van der Waals surface area (Å²) < 4.78 is 17.9. The van der Waals surface area contributed by atoms with Crippen LogP contribution in [0.5, 0.6) is 11.5 Å². The first-order chi connectivity index (χ1) is 12.3. The van der Waals surface area contributed by atoms with Crippen LogP contribution >= 0.6 is 0 Å². The maximum Gasteiger partial charge on any atom is 0.268 e. The highest BCUT2D eigenvalue weighted by molar-refractivity contribution is 5.43. The molecule has 0 saturated carbocycles. The summed E-state index contributed by atoms with van der Waals surface area (Å²) in [5.74, 6) is 1.48. The van der Waals surface area contributed by atoms with Gasteiger partial charge in [0, 0.05) is 25.2 Å². The molecule has 0 aliphatic carbocycles. The molecule has 1 aliphatic heterocycles. The van der Waals surface area contributed by atoms with Crippen LogP contribution < -0.4 is 19.9 Å². The molecule has 25 heavy (non-hydrogen) atoms. The number of ether oxygens (including phenoxy) is 3. The van der Waals surface area contributed by atoms with E-state index in [4.69, 9.17) is 14.2 Å². The first-order valence-electron chi connectivity index (χ1n) is 8.52. The van der Waals surface area contributed by atoms with Crippen LogP contribution in [0.25, 0.3) is 0 Å². The van der Waals surface area contributed by atoms with Gasteiger partial charge in [0.1, 0.15) is 18.1 Å². The molecule has 0 bridgehead atoms. The Hall–Kier alpha value is -2.54. The molecule has 1 saturated heterocycles. The van der Waals surface area contributed by atoms with Crippen molar-refractivity contribution in [2.45, 2.75) is 13.5 Å². The van der Waals surface area contributed by atoms with E-state index in [1.54, 1.807) is 12.3 Å². The Balaban J connectivity index is 1.56. The predicted octanol–water partition coefficient (Wildman–Crippen LogP) is 1.56. The van der Waals surface area contributed by atoms with Gasteiger partial charge in [0.15, 0.2) is 0 Å². The number of anilines is 1. The Kier molecular flexibility index (Phi) is 5.90. The lowest BCUT2D eigenvalue weighted by Gasteiger charge is -2.28. The zero-order valence-corrected chi connectivity index (χ0v) is 14.4. The van der Waals surface area contributed by atoms with Gasteiger partial charge in [0.25, 0.3) is 5.56 Å². The number of nitrogens with zero attached hydrogens (tertiary/aromatic N) is 3. The van der Waals surface area contributed by atoms with Crippen molar-refractivity contribution < 1.29 is 14.2 Å². The molecule has 2 heterocycles. The van der Waals surface area contributed by atoms with Gasteiger partial charge >= 0.3 is 0 Å². The Morgan fingerprint density at radius 3 is 2.64 bits per heavy atom. The largest absolute Gasteiger partial charge is 0.494 e. The van der Waals surface area contributed by atoms with E-state index in [-0.39, 0.29) is 5.56 Å². The Labute approximate surface area is 146 Å². The number of hydrogen-bond acceptors (Lipinski definition) is 6. The van der Waals surface area contributed by atoms with Crippen LogP contribution in [0.4, 0.5) is 5.69 Å². The SMILES string of the molecule is CCOc1cccc(OCCn2ncc(N3CCOCC3)cc2=O)c1. The average Bonchev–Trinajstić information content (AvgIpc) is 2.64. The number of morpholine rings is 1. The monoisotopic (exact) mass is 345 g/mol. The van der Waals surface area contributed by atoms with Gasteiger partial charge in [0.2, 0.25) is 0 Å². The van der Waals surface area contributed by atoms with E-state index in [0.717, 1.165) is 24.5 Å². The number of benzene rings is 1. The molecule has 0 amide bonds. The second kappa shape index (κ2) is 8.53. The minimum atomic E-state index is -0.129. The van der Waals surface area contributed by atoms with E-state index < -0.39 is 0 Å². The van der Waals surface area contributed by atoms with Crippen molar-refractivity contribution in [3.8, 4) is 11.5 Å². The summed E-state index contributed by atoms with van der Waals surface area (Å²) in [6, 6.07) is 9.07. The summed E-state index contributed by atoms with van der Waals surface area (Å²) in [5, 5.41) is 4.25. The lowest BCUT2D eigenvalue weighted by molar-refractivity contribution is 0.122. The van der Waals surface area contributed by atoms with Crippen molar-refractivity contribution in [2.75, 3.05) is 44.4 Å². The normalized spacial score (nSPS) is 14.4. The van der Waals surface area contributed by atoms with Gasteiger partial charge in [0.05, 0.1) is 38.2 Å². The third kappa shape index (κ3) is 4.73. The van der Waals surface area contributed by atoms with Gasteiger partial charge in [-0.05, 0) is 19.1 Å². The number of aromatic nitrogens is 2. The van der Waals surface area contributed by atoms with Crippen LogP contribution in [-0.2, 0) is 11.3 Å². The molecule has 7 nitrogen and oxygen atoms in total. The molecule has 1 fully saturated rings. The molecular formula is C18H23N3O4. The topological polar surface area (TPSA) is 65.8 Å². The van der Waals surface area contributed by atoms with Gasteiger partial charge < -0.3 is 19.1 Å². The van der Waals surface area contributed by atoms with Gasteiger partial charge in [-0.25, -0.2) is 4.68 Å². The fraction of sp³-hybridized carbons (Fsp3) is 0.444. The first kappa shape index (κ1) is 17.3. The highest BCUT2D eigenvalue weighted by Crippen LogP contribution is 2.19. The smallest absolute Gasteiger partial charge is 0.268 e. The Morgan fingerprint density at radius 1 is 1.16 bits per heavy atom. The van der Waals surface area contributed by atoms with Crippen LogP contribution in [0.1, 0.15) is 6.92 Å². The fourth-order valence-electron chi connectivity index (χ4n) is 2.66. The number of rotatable bonds is 7.